The van der Waals surface area contributed by atoms with Crippen LogP contribution in [0.25, 0.3) is 11.0 Å². The molecule has 3 aromatic rings. The molecule has 0 unspecified atom stereocenters. The number of nitrogens with zero attached hydrogens (tertiary/aromatic N) is 3. The summed E-state index contributed by atoms with van der Waals surface area (Å²) in [4.78, 5) is 8.47. The maximum atomic E-state index is 5.87. The number of nitrogens with one attached hydrogen (secondary N) is 3. The number of hydrogen-bond acceptors (Lipinski definition) is 6. The van der Waals surface area contributed by atoms with Gasteiger partial charge in [-0.25, -0.2) is 5.84 Å². The lowest BCUT2D eigenvalue weighted by Crippen LogP contribution is -2.13. The third-order valence-electron chi connectivity index (χ3n) is 3.06. The van der Waals surface area contributed by atoms with Crippen molar-refractivity contribution in [3.05, 3.63) is 41.0 Å². The summed E-state index contributed by atoms with van der Waals surface area (Å²) in [6, 6.07) is 7.77. The molecule has 0 bridgehead atoms. The van der Waals surface area contributed by atoms with Crippen LogP contribution >= 0.6 is 11.6 Å². The monoisotopic (exact) mass is 303 g/mol. The Bertz CT molecular complexity index is 738. The van der Waals surface area contributed by atoms with Gasteiger partial charge in [-0.3, -0.25) is 10.5 Å². The smallest absolute Gasteiger partial charge is 0.241 e. The minimum absolute atomic E-state index is 0.334. The van der Waals surface area contributed by atoms with E-state index in [0.717, 1.165) is 23.4 Å². The van der Waals surface area contributed by atoms with Crippen molar-refractivity contribution >= 4 is 34.4 Å². The van der Waals surface area contributed by atoms with E-state index in [2.05, 4.69) is 30.9 Å². The van der Waals surface area contributed by atoms with E-state index in [1.807, 2.05) is 24.3 Å². The summed E-state index contributed by atoms with van der Waals surface area (Å²) < 4.78 is 0. The lowest BCUT2D eigenvalue weighted by molar-refractivity contribution is 1.00. The number of hydrogen-bond donors (Lipinski definition) is 4. The number of anilines is 2. The van der Waals surface area contributed by atoms with Gasteiger partial charge in [0.05, 0.1) is 11.6 Å². The molecule has 108 valence electrons. The van der Waals surface area contributed by atoms with E-state index in [1.54, 1.807) is 6.20 Å². The zero-order chi connectivity index (χ0) is 14.7. The number of nitrogen functional groups attached to an aromatic ring is 1. The summed E-state index contributed by atoms with van der Waals surface area (Å²) in [5, 5.41) is 11.6. The van der Waals surface area contributed by atoms with E-state index in [4.69, 9.17) is 17.4 Å². The zero-order valence-electron chi connectivity index (χ0n) is 11.1. The highest BCUT2D eigenvalue weighted by Crippen LogP contribution is 2.19. The predicted molar refractivity (Wildman–Crippen MR) is 83.1 cm³/mol. The molecule has 0 radical (unpaired) electrons. The Morgan fingerprint density at radius 3 is 2.76 bits per heavy atom. The molecule has 2 aromatic heterocycles. The third-order valence-corrected chi connectivity index (χ3v) is 3.31. The van der Waals surface area contributed by atoms with E-state index < -0.39 is 0 Å². The molecule has 0 saturated carbocycles. The average Bonchev–Trinajstić information content (AvgIpc) is 2.97. The second-order valence-corrected chi connectivity index (χ2v) is 4.91. The van der Waals surface area contributed by atoms with Gasteiger partial charge in [0, 0.05) is 11.6 Å². The molecule has 8 heteroatoms. The maximum absolute atomic E-state index is 5.87. The number of hydrazine groups is 1. The van der Waals surface area contributed by atoms with Gasteiger partial charge in [0.15, 0.2) is 5.65 Å². The van der Waals surface area contributed by atoms with Crippen LogP contribution in [0.4, 0.5) is 11.8 Å². The summed E-state index contributed by atoms with van der Waals surface area (Å²) in [5.41, 5.74) is 4.27. The van der Waals surface area contributed by atoms with Crippen LogP contribution in [-0.4, -0.2) is 26.7 Å². The molecule has 5 N–H and O–H groups in total. The second kappa shape index (κ2) is 5.94. The van der Waals surface area contributed by atoms with E-state index in [9.17, 15) is 0 Å². The fraction of sp³-hybridized carbons (Fsp3) is 0.154. The molecule has 0 aliphatic rings. The van der Waals surface area contributed by atoms with Gasteiger partial charge in [-0.15, -0.1) is 0 Å². The van der Waals surface area contributed by atoms with Crippen LogP contribution in [0.1, 0.15) is 5.56 Å². The fourth-order valence-corrected chi connectivity index (χ4v) is 2.14. The number of aromatic nitrogens is 4. The normalized spacial score (nSPS) is 10.8. The number of rotatable bonds is 5. The first-order valence-electron chi connectivity index (χ1n) is 6.42. The number of H-pyrrole nitrogens is 1. The van der Waals surface area contributed by atoms with Gasteiger partial charge in [-0.05, 0) is 24.1 Å². The van der Waals surface area contributed by atoms with Gasteiger partial charge >= 0.3 is 0 Å². The highest BCUT2D eigenvalue weighted by atomic mass is 35.5. The van der Waals surface area contributed by atoms with Gasteiger partial charge < -0.3 is 5.32 Å². The van der Waals surface area contributed by atoms with E-state index in [-0.39, 0.29) is 0 Å². The van der Waals surface area contributed by atoms with Crippen molar-refractivity contribution in [2.45, 2.75) is 6.42 Å². The Morgan fingerprint density at radius 1 is 1.19 bits per heavy atom. The number of fused-ring (bicyclic) bond motifs is 1. The Hall–Kier alpha value is -2.38. The molecular weight excluding hydrogens is 290 g/mol. The first-order chi connectivity index (χ1) is 10.3. The van der Waals surface area contributed by atoms with Gasteiger partial charge in [-0.1, -0.05) is 23.7 Å². The van der Waals surface area contributed by atoms with Gasteiger partial charge in [-0.2, -0.15) is 15.1 Å². The van der Waals surface area contributed by atoms with Crippen molar-refractivity contribution in [3.63, 3.8) is 0 Å². The van der Waals surface area contributed by atoms with Crippen molar-refractivity contribution in [1.82, 2.24) is 20.2 Å². The minimum Gasteiger partial charge on any atom is -0.369 e. The first kappa shape index (κ1) is 13.6. The minimum atomic E-state index is 0.334. The molecule has 0 aliphatic heterocycles. The number of halogens is 1. The fourth-order valence-electron chi connectivity index (χ4n) is 2.01. The Kier molecular flexibility index (Phi) is 3.85. The molecule has 7 nitrogen and oxygen atoms in total. The zero-order valence-corrected chi connectivity index (χ0v) is 11.9. The molecular formula is C13H14ClN7. The van der Waals surface area contributed by atoms with Crippen molar-refractivity contribution in [3.8, 4) is 0 Å². The SMILES string of the molecule is NNc1nc(NCCc2ccc(Cl)cc2)c2cn[nH]c2n1. The van der Waals surface area contributed by atoms with Crippen LogP contribution in [0, 0.1) is 0 Å². The van der Waals surface area contributed by atoms with Crippen LogP contribution in [0.5, 0.6) is 0 Å². The van der Waals surface area contributed by atoms with Crippen LogP contribution in [0.3, 0.4) is 0 Å². The highest BCUT2D eigenvalue weighted by molar-refractivity contribution is 6.30. The summed E-state index contributed by atoms with van der Waals surface area (Å²) in [6.45, 7) is 0.725. The first-order valence-corrected chi connectivity index (χ1v) is 6.80. The lowest BCUT2D eigenvalue weighted by atomic mass is 10.1. The molecule has 0 amide bonds. The number of nitrogens with two attached hydrogens (primary N) is 1. The standard InChI is InChI=1S/C13H14ClN7/c14-9-3-1-8(2-4-9)5-6-16-11-10-7-17-21-12(10)19-13(18-11)20-15/h1-4,7H,5-6,15H2,(H3,16,17,18,19,20,21). The van der Waals surface area contributed by atoms with Crippen molar-refractivity contribution in [2.75, 3.05) is 17.3 Å². The second-order valence-electron chi connectivity index (χ2n) is 4.48. The van der Waals surface area contributed by atoms with Crippen LogP contribution in [-0.2, 0) is 6.42 Å². The summed E-state index contributed by atoms with van der Waals surface area (Å²) in [6.07, 6.45) is 2.53. The van der Waals surface area contributed by atoms with E-state index >= 15 is 0 Å². The van der Waals surface area contributed by atoms with E-state index in [1.165, 1.54) is 5.56 Å². The Balaban J connectivity index is 1.72. The maximum Gasteiger partial charge on any atom is 0.241 e. The van der Waals surface area contributed by atoms with Gasteiger partial charge in [0.25, 0.3) is 0 Å². The van der Waals surface area contributed by atoms with Gasteiger partial charge in [0.2, 0.25) is 5.95 Å². The number of aromatic amines is 1. The van der Waals surface area contributed by atoms with Crippen LogP contribution in [0.15, 0.2) is 30.5 Å². The highest BCUT2D eigenvalue weighted by Gasteiger charge is 2.08. The van der Waals surface area contributed by atoms with Crippen LogP contribution in [0.2, 0.25) is 5.02 Å². The molecule has 2 heterocycles. The lowest BCUT2D eigenvalue weighted by Gasteiger charge is -2.08. The molecule has 0 spiro atoms. The largest absolute Gasteiger partial charge is 0.369 e. The third kappa shape index (κ3) is 3.04. The summed E-state index contributed by atoms with van der Waals surface area (Å²) >= 11 is 5.87. The predicted octanol–water partition coefficient (Wildman–Crippen LogP) is 1.95. The van der Waals surface area contributed by atoms with Gasteiger partial charge in [0.1, 0.15) is 5.82 Å². The topological polar surface area (TPSA) is 105 Å². The quantitative estimate of drug-likeness (QED) is 0.424. The van der Waals surface area contributed by atoms with Crippen molar-refractivity contribution in [2.24, 2.45) is 5.84 Å². The molecule has 0 fully saturated rings. The van der Waals surface area contributed by atoms with E-state index in [0.29, 0.717) is 17.4 Å². The average molecular weight is 304 g/mol. The Labute approximate surface area is 125 Å². The molecule has 0 atom stereocenters. The summed E-state index contributed by atoms with van der Waals surface area (Å²) in [5.74, 6) is 6.39. The van der Waals surface area contributed by atoms with Crippen molar-refractivity contribution in [1.29, 1.82) is 0 Å². The molecule has 0 saturated heterocycles. The van der Waals surface area contributed by atoms with Crippen LogP contribution < -0.4 is 16.6 Å². The summed E-state index contributed by atoms with van der Waals surface area (Å²) in [7, 11) is 0. The Morgan fingerprint density at radius 2 is 2.00 bits per heavy atom. The number of benzene rings is 1. The molecule has 21 heavy (non-hydrogen) atoms. The molecule has 0 aliphatic carbocycles. The molecule has 1 aromatic carbocycles. The molecule has 3 rings (SSSR count). The van der Waals surface area contributed by atoms with Crippen molar-refractivity contribution < 1.29 is 0 Å².